The normalized spacial score (nSPS) is 9.67. The maximum atomic E-state index is 5.68. The second-order valence-corrected chi connectivity index (χ2v) is 3.45. The van der Waals surface area contributed by atoms with Crippen LogP contribution in [0.25, 0.3) is 0 Å². The van der Waals surface area contributed by atoms with Crippen molar-refractivity contribution in [2.75, 3.05) is 19.7 Å². The van der Waals surface area contributed by atoms with Gasteiger partial charge in [-0.25, -0.2) is 0 Å². The zero-order valence-corrected chi connectivity index (χ0v) is 9.34. The van der Waals surface area contributed by atoms with E-state index in [4.69, 9.17) is 11.2 Å². The molecule has 2 nitrogen and oxygen atoms in total. The van der Waals surface area contributed by atoms with Gasteiger partial charge in [-0.15, -0.1) is 6.42 Å². The van der Waals surface area contributed by atoms with Crippen molar-refractivity contribution in [1.29, 1.82) is 0 Å². The summed E-state index contributed by atoms with van der Waals surface area (Å²) in [6.07, 6.45) is 5.12. The van der Waals surface area contributed by atoms with E-state index in [0.29, 0.717) is 13.2 Å². The molecule has 1 rings (SSSR count). The molecule has 15 heavy (non-hydrogen) atoms. The van der Waals surface area contributed by atoms with Crippen molar-refractivity contribution < 1.29 is 4.74 Å². The van der Waals surface area contributed by atoms with E-state index in [9.17, 15) is 0 Å². The lowest BCUT2D eigenvalue weighted by atomic mass is 10.1. The minimum absolute atomic E-state index is 0.593. The van der Waals surface area contributed by atoms with Gasteiger partial charge in [0.05, 0.1) is 6.54 Å². The van der Waals surface area contributed by atoms with Crippen molar-refractivity contribution in [1.82, 2.24) is 5.32 Å². The molecule has 0 unspecified atom stereocenters. The highest BCUT2D eigenvalue weighted by atomic mass is 16.5. The summed E-state index contributed by atoms with van der Waals surface area (Å²) in [5.74, 6) is 3.51. The quantitative estimate of drug-likeness (QED) is 0.583. The molecule has 0 fully saturated rings. The molecule has 0 radical (unpaired) electrons. The highest BCUT2D eigenvalue weighted by molar-refractivity contribution is 5.39. The van der Waals surface area contributed by atoms with Crippen molar-refractivity contribution in [3.63, 3.8) is 0 Å². The highest BCUT2D eigenvalue weighted by Gasteiger charge is 2.01. The third-order valence-corrected chi connectivity index (χ3v) is 2.16. The fourth-order valence-corrected chi connectivity index (χ4v) is 1.41. The maximum Gasteiger partial charge on any atom is 0.125 e. The zero-order valence-electron chi connectivity index (χ0n) is 9.34. The van der Waals surface area contributed by atoms with Gasteiger partial charge in [0, 0.05) is 6.54 Å². The first-order valence-electron chi connectivity index (χ1n) is 5.09. The Kier molecular flexibility index (Phi) is 4.73. The Morgan fingerprint density at radius 2 is 2.00 bits per heavy atom. The van der Waals surface area contributed by atoms with Crippen LogP contribution in [0, 0.1) is 26.2 Å². The number of aryl methyl sites for hydroxylation is 2. The zero-order chi connectivity index (χ0) is 11.1. The lowest BCUT2D eigenvalue weighted by Gasteiger charge is -2.11. The molecule has 0 spiro atoms. The van der Waals surface area contributed by atoms with Crippen LogP contribution in [-0.2, 0) is 0 Å². The van der Waals surface area contributed by atoms with E-state index in [0.717, 1.165) is 12.3 Å². The molecule has 0 aliphatic rings. The molecule has 0 aromatic heterocycles. The van der Waals surface area contributed by atoms with Crippen LogP contribution in [0.1, 0.15) is 11.1 Å². The molecule has 0 atom stereocenters. The number of benzene rings is 1. The van der Waals surface area contributed by atoms with Crippen LogP contribution in [0.3, 0.4) is 0 Å². The Bertz CT molecular complexity index is 332. The molecule has 80 valence electrons. The van der Waals surface area contributed by atoms with Crippen molar-refractivity contribution in [3.05, 3.63) is 29.3 Å². The van der Waals surface area contributed by atoms with E-state index >= 15 is 0 Å². The van der Waals surface area contributed by atoms with E-state index in [2.05, 4.69) is 37.2 Å². The van der Waals surface area contributed by atoms with E-state index in [1.807, 2.05) is 6.07 Å². The fourth-order valence-electron chi connectivity index (χ4n) is 1.41. The summed E-state index contributed by atoms with van der Waals surface area (Å²) in [4.78, 5) is 0. The van der Waals surface area contributed by atoms with E-state index < -0.39 is 0 Å². The maximum absolute atomic E-state index is 5.68. The fraction of sp³-hybridized carbons (Fsp3) is 0.385. The number of hydrogen-bond donors (Lipinski definition) is 1. The third-order valence-electron chi connectivity index (χ3n) is 2.16. The predicted molar refractivity (Wildman–Crippen MR) is 63.1 cm³/mol. The number of para-hydroxylation sites is 1. The van der Waals surface area contributed by atoms with Crippen LogP contribution in [0.5, 0.6) is 5.75 Å². The Hall–Kier alpha value is -1.46. The molecule has 2 heteroatoms. The van der Waals surface area contributed by atoms with Crippen LogP contribution < -0.4 is 10.1 Å². The molecule has 0 amide bonds. The Labute approximate surface area is 91.6 Å². The molecule has 0 bridgehead atoms. The summed E-state index contributed by atoms with van der Waals surface area (Å²) >= 11 is 0. The lowest BCUT2D eigenvalue weighted by Crippen LogP contribution is -2.21. The molecular weight excluding hydrogens is 186 g/mol. The van der Waals surface area contributed by atoms with Crippen molar-refractivity contribution in [3.8, 4) is 18.1 Å². The smallest absolute Gasteiger partial charge is 0.125 e. The van der Waals surface area contributed by atoms with Gasteiger partial charge in [-0.1, -0.05) is 24.1 Å². The monoisotopic (exact) mass is 203 g/mol. The molecule has 0 aliphatic heterocycles. The van der Waals surface area contributed by atoms with Crippen molar-refractivity contribution in [2.45, 2.75) is 13.8 Å². The van der Waals surface area contributed by atoms with Gasteiger partial charge in [-0.3, -0.25) is 0 Å². The van der Waals surface area contributed by atoms with Gasteiger partial charge in [0.15, 0.2) is 0 Å². The van der Waals surface area contributed by atoms with Gasteiger partial charge < -0.3 is 10.1 Å². The number of nitrogens with one attached hydrogen (secondary N) is 1. The van der Waals surface area contributed by atoms with Crippen LogP contribution in [0.4, 0.5) is 0 Å². The lowest BCUT2D eigenvalue weighted by molar-refractivity contribution is 0.312. The minimum Gasteiger partial charge on any atom is -0.492 e. The SMILES string of the molecule is C#CCNCCOc1c(C)cccc1C. The number of ether oxygens (including phenoxy) is 1. The number of rotatable bonds is 5. The van der Waals surface area contributed by atoms with Gasteiger partial charge in [0.2, 0.25) is 0 Å². The van der Waals surface area contributed by atoms with Gasteiger partial charge in [-0.2, -0.15) is 0 Å². The summed E-state index contributed by atoms with van der Waals surface area (Å²) in [6.45, 7) is 6.12. The summed E-state index contributed by atoms with van der Waals surface area (Å²) in [7, 11) is 0. The average Bonchev–Trinajstić information content (AvgIpc) is 2.21. The molecule has 0 aliphatic carbocycles. The molecule has 0 saturated heterocycles. The van der Waals surface area contributed by atoms with Gasteiger partial charge in [-0.05, 0) is 25.0 Å². The van der Waals surface area contributed by atoms with Crippen molar-refractivity contribution in [2.24, 2.45) is 0 Å². The molecular formula is C13H17NO. The van der Waals surface area contributed by atoms with Crippen LogP contribution >= 0.6 is 0 Å². The first-order valence-corrected chi connectivity index (χ1v) is 5.09. The molecule has 1 aromatic carbocycles. The Balaban J connectivity index is 2.41. The second kappa shape index (κ2) is 6.10. The Morgan fingerprint density at radius 1 is 1.33 bits per heavy atom. The first-order chi connectivity index (χ1) is 7.25. The standard InChI is InChI=1S/C13H17NO/c1-4-8-14-9-10-15-13-11(2)6-5-7-12(13)3/h1,5-7,14H,8-10H2,2-3H3. The second-order valence-electron chi connectivity index (χ2n) is 3.45. The first kappa shape index (κ1) is 11.6. The molecule has 1 N–H and O–H groups in total. The molecule has 1 aromatic rings. The third kappa shape index (κ3) is 3.65. The van der Waals surface area contributed by atoms with Gasteiger partial charge in [0.1, 0.15) is 12.4 Å². The number of terminal acetylenes is 1. The Morgan fingerprint density at radius 3 is 2.60 bits per heavy atom. The minimum atomic E-state index is 0.593. The predicted octanol–water partition coefficient (Wildman–Crippen LogP) is 1.91. The topological polar surface area (TPSA) is 21.3 Å². The summed E-state index contributed by atoms with van der Waals surface area (Å²) < 4.78 is 5.68. The summed E-state index contributed by atoms with van der Waals surface area (Å²) in [6, 6.07) is 6.14. The van der Waals surface area contributed by atoms with Gasteiger partial charge >= 0.3 is 0 Å². The van der Waals surface area contributed by atoms with E-state index in [1.165, 1.54) is 11.1 Å². The van der Waals surface area contributed by atoms with Crippen LogP contribution in [0.15, 0.2) is 18.2 Å². The molecule has 0 heterocycles. The highest BCUT2D eigenvalue weighted by Crippen LogP contribution is 2.21. The van der Waals surface area contributed by atoms with Crippen molar-refractivity contribution >= 4 is 0 Å². The van der Waals surface area contributed by atoms with E-state index in [-0.39, 0.29) is 0 Å². The van der Waals surface area contributed by atoms with E-state index in [1.54, 1.807) is 0 Å². The summed E-state index contributed by atoms with van der Waals surface area (Å²) in [5, 5.41) is 3.08. The largest absolute Gasteiger partial charge is 0.492 e. The molecule has 0 saturated carbocycles. The summed E-state index contributed by atoms with van der Waals surface area (Å²) in [5.41, 5.74) is 2.35. The average molecular weight is 203 g/mol. The van der Waals surface area contributed by atoms with Crippen LogP contribution in [0.2, 0.25) is 0 Å². The van der Waals surface area contributed by atoms with Crippen LogP contribution in [-0.4, -0.2) is 19.7 Å². The van der Waals surface area contributed by atoms with Gasteiger partial charge in [0.25, 0.3) is 0 Å². The number of hydrogen-bond acceptors (Lipinski definition) is 2.